The average molecular weight is 323 g/mol. The van der Waals surface area contributed by atoms with Gasteiger partial charge in [0.15, 0.2) is 0 Å². The molecule has 2 rings (SSSR count). The number of hydrogen-bond acceptors (Lipinski definition) is 5. The van der Waals surface area contributed by atoms with Crippen LogP contribution in [0, 0.1) is 19.8 Å². The molecule has 2 heterocycles. The molecule has 0 radical (unpaired) electrons. The predicted octanol–water partition coefficient (Wildman–Crippen LogP) is 3.56. The summed E-state index contributed by atoms with van der Waals surface area (Å²) in [6, 6.07) is 0. The third-order valence-corrected chi connectivity index (χ3v) is 5.49. The predicted molar refractivity (Wildman–Crippen MR) is 90.1 cm³/mol. The van der Waals surface area contributed by atoms with Gasteiger partial charge in [-0.3, -0.25) is 4.79 Å². The number of amides is 1. The molecule has 2 aromatic heterocycles. The molecule has 1 N–H and O–H groups in total. The Morgan fingerprint density at radius 2 is 2.05 bits per heavy atom. The molecule has 1 atom stereocenters. The van der Waals surface area contributed by atoms with Crippen LogP contribution in [0.15, 0.2) is 11.4 Å². The fraction of sp³-hybridized carbons (Fsp3) is 0.533. The average Bonchev–Trinajstić information content (AvgIpc) is 2.72. The number of carbonyl (C=O) groups is 1. The summed E-state index contributed by atoms with van der Waals surface area (Å²) in [5.41, 5.74) is 1.22. The number of hydrogen-bond donors (Lipinski definition) is 1. The van der Waals surface area contributed by atoms with E-state index in [0.717, 1.165) is 15.2 Å². The van der Waals surface area contributed by atoms with Crippen LogP contribution in [0.25, 0.3) is 10.2 Å². The summed E-state index contributed by atoms with van der Waals surface area (Å²) in [6.45, 7) is 11.0. The molecule has 0 aliphatic heterocycles. The number of thioether (sulfide) groups is 1. The topological polar surface area (TPSA) is 54.9 Å². The van der Waals surface area contributed by atoms with E-state index in [0.29, 0.717) is 12.5 Å². The van der Waals surface area contributed by atoms with E-state index >= 15 is 0 Å². The van der Waals surface area contributed by atoms with Crippen molar-refractivity contribution in [2.45, 2.75) is 44.9 Å². The van der Waals surface area contributed by atoms with Crippen molar-refractivity contribution in [3.63, 3.8) is 0 Å². The van der Waals surface area contributed by atoms with Crippen molar-refractivity contribution in [3.05, 3.63) is 16.8 Å². The monoisotopic (exact) mass is 323 g/mol. The summed E-state index contributed by atoms with van der Waals surface area (Å²) < 4.78 is 0. The molecule has 0 fully saturated rings. The van der Waals surface area contributed by atoms with Gasteiger partial charge in [0.05, 0.1) is 5.25 Å². The number of aromatic nitrogens is 2. The van der Waals surface area contributed by atoms with Gasteiger partial charge in [-0.1, -0.05) is 25.6 Å². The van der Waals surface area contributed by atoms with Gasteiger partial charge in [-0.15, -0.1) is 11.3 Å². The fourth-order valence-electron chi connectivity index (χ4n) is 1.91. The summed E-state index contributed by atoms with van der Waals surface area (Å²) in [5.74, 6) is 0.517. The van der Waals surface area contributed by atoms with Gasteiger partial charge < -0.3 is 5.32 Å². The van der Waals surface area contributed by atoms with Gasteiger partial charge in [0.25, 0.3) is 0 Å². The highest BCUT2D eigenvalue weighted by Crippen LogP contribution is 2.35. The molecule has 0 spiro atoms. The maximum absolute atomic E-state index is 12.1. The first kappa shape index (κ1) is 16.2. The zero-order valence-electron chi connectivity index (χ0n) is 13.1. The molecule has 2 aromatic rings. The Balaban J connectivity index is 2.18. The fourth-order valence-corrected chi connectivity index (χ4v) is 3.97. The Morgan fingerprint density at radius 3 is 2.71 bits per heavy atom. The van der Waals surface area contributed by atoms with E-state index in [-0.39, 0.29) is 11.2 Å². The van der Waals surface area contributed by atoms with Gasteiger partial charge in [-0.25, -0.2) is 9.97 Å². The quantitative estimate of drug-likeness (QED) is 0.675. The third-order valence-electron chi connectivity index (χ3n) is 3.27. The molecule has 21 heavy (non-hydrogen) atoms. The van der Waals surface area contributed by atoms with Crippen LogP contribution in [0.1, 0.15) is 31.2 Å². The molecule has 4 nitrogen and oxygen atoms in total. The molecule has 1 unspecified atom stereocenters. The van der Waals surface area contributed by atoms with E-state index in [2.05, 4.69) is 43.0 Å². The minimum Gasteiger partial charge on any atom is -0.355 e. The SMILES string of the molecule is Cc1sc2ncnc(SC(C)C(=O)NCC(C)C)c2c1C. The first-order chi connectivity index (χ1) is 9.90. The number of thiophene rings is 1. The Labute approximate surface area is 133 Å². The molecule has 6 heteroatoms. The second-order valence-corrected chi connectivity index (χ2v) is 8.07. The largest absolute Gasteiger partial charge is 0.355 e. The van der Waals surface area contributed by atoms with Crippen molar-refractivity contribution in [3.8, 4) is 0 Å². The van der Waals surface area contributed by atoms with E-state index in [1.807, 2.05) is 6.92 Å². The van der Waals surface area contributed by atoms with Crippen molar-refractivity contribution >= 4 is 39.2 Å². The van der Waals surface area contributed by atoms with Crippen LogP contribution in [-0.4, -0.2) is 27.7 Å². The summed E-state index contributed by atoms with van der Waals surface area (Å²) in [6.07, 6.45) is 1.58. The zero-order valence-corrected chi connectivity index (χ0v) is 14.7. The Hall–Kier alpha value is -1.14. The van der Waals surface area contributed by atoms with Gasteiger partial charge >= 0.3 is 0 Å². The minimum atomic E-state index is -0.165. The van der Waals surface area contributed by atoms with Gasteiger partial charge in [0, 0.05) is 16.8 Å². The lowest BCUT2D eigenvalue weighted by molar-refractivity contribution is -0.120. The third kappa shape index (κ3) is 3.74. The molecular formula is C15H21N3OS2. The van der Waals surface area contributed by atoms with Gasteiger partial charge in [-0.05, 0) is 32.3 Å². The summed E-state index contributed by atoms with van der Waals surface area (Å²) >= 11 is 3.18. The van der Waals surface area contributed by atoms with Crippen LogP contribution in [0.4, 0.5) is 0 Å². The maximum atomic E-state index is 12.1. The molecule has 0 aromatic carbocycles. The van der Waals surface area contributed by atoms with Crippen LogP contribution in [0.3, 0.4) is 0 Å². The molecule has 0 saturated carbocycles. The van der Waals surface area contributed by atoms with E-state index in [1.165, 1.54) is 22.2 Å². The maximum Gasteiger partial charge on any atom is 0.233 e. The van der Waals surface area contributed by atoms with E-state index in [1.54, 1.807) is 17.7 Å². The highest BCUT2D eigenvalue weighted by molar-refractivity contribution is 8.00. The van der Waals surface area contributed by atoms with Gasteiger partial charge in [0.2, 0.25) is 5.91 Å². The zero-order chi connectivity index (χ0) is 15.6. The summed E-state index contributed by atoms with van der Waals surface area (Å²) in [4.78, 5) is 23.1. The van der Waals surface area contributed by atoms with Crippen molar-refractivity contribution in [2.75, 3.05) is 6.54 Å². The van der Waals surface area contributed by atoms with Crippen LogP contribution < -0.4 is 5.32 Å². The van der Waals surface area contributed by atoms with Gasteiger partial charge in [0.1, 0.15) is 16.2 Å². The smallest absolute Gasteiger partial charge is 0.233 e. The van der Waals surface area contributed by atoms with Crippen LogP contribution in [-0.2, 0) is 4.79 Å². The van der Waals surface area contributed by atoms with E-state index in [4.69, 9.17) is 0 Å². The highest BCUT2D eigenvalue weighted by Gasteiger charge is 2.19. The van der Waals surface area contributed by atoms with Crippen LogP contribution in [0.5, 0.6) is 0 Å². The lowest BCUT2D eigenvalue weighted by Gasteiger charge is -2.13. The van der Waals surface area contributed by atoms with Crippen molar-refractivity contribution < 1.29 is 4.79 Å². The first-order valence-electron chi connectivity index (χ1n) is 7.05. The first-order valence-corrected chi connectivity index (χ1v) is 8.74. The standard InChI is InChI=1S/C15H21N3OS2/c1-8(2)6-16-13(19)11(5)21-15-12-9(3)10(4)20-14(12)17-7-18-15/h7-8,11H,6H2,1-5H3,(H,16,19). The molecule has 114 valence electrons. The Morgan fingerprint density at radius 1 is 1.33 bits per heavy atom. The number of nitrogens with zero attached hydrogens (tertiary/aromatic N) is 2. The van der Waals surface area contributed by atoms with Gasteiger partial charge in [-0.2, -0.15) is 0 Å². The number of carbonyl (C=O) groups excluding carboxylic acids is 1. The molecule has 0 bridgehead atoms. The Kier molecular flexibility index (Phi) is 5.22. The number of rotatable bonds is 5. The highest BCUT2D eigenvalue weighted by atomic mass is 32.2. The second-order valence-electron chi connectivity index (χ2n) is 5.54. The molecule has 0 aliphatic carbocycles. The summed E-state index contributed by atoms with van der Waals surface area (Å²) in [7, 11) is 0. The Bertz CT molecular complexity index is 652. The minimum absolute atomic E-state index is 0.0602. The normalized spacial score (nSPS) is 12.9. The number of nitrogens with one attached hydrogen (secondary N) is 1. The van der Waals surface area contributed by atoms with Crippen molar-refractivity contribution in [1.82, 2.24) is 15.3 Å². The van der Waals surface area contributed by atoms with E-state index in [9.17, 15) is 4.79 Å². The number of fused-ring (bicyclic) bond motifs is 1. The molecular weight excluding hydrogens is 302 g/mol. The number of aryl methyl sites for hydroxylation is 2. The van der Waals surface area contributed by atoms with Crippen LogP contribution in [0.2, 0.25) is 0 Å². The van der Waals surface area contributed by atoms with Crippen LogP contribution >= 0.6 is 23.1 Å². The summed E-state index contributed by atoms with van der Waals surface area (Å²) in [5, 5.41) is 4.79. The molecule has 0 aliphatic rings. The van der Waals surface area contributed by atoms with Crippen molar-refractivity contribution in [2.24, 2.45) is 5.92 Å². The second kappa shape index (κ2) is 6.75. The van der Waals surface area contributed by atoms with E-state index < -0.39 is 0 Å². The lowest BCUT2D eigenvalue weighted by Crippen LogP contribution is -2.33. The molecule has 0 saturated heterocycles. The van der Waals surface area contributed by atoms with Crippen molar-refractivity contribution in [1.29, 1.82) is 0 Å². The molecule has 1 amide bonds. The lowest BCUT2D eigenvalue weighted by atomic mass is 10.2.